The predicted molar refractivity (Wildman–Crippen MR) is 104 cm³/mol. The van der Waals surface area contributed by atoms with Gasteiger partial charge in [0.15, 0.2) is 0 Å². The molecule has 0 aliphatic rings. The van der Waals surface area contributed by atoms with Crippen LogP contribution in [0.5, 0.6) is 6.01 Å². The Kier molecular flexibility index (Phi) is 8.34. The summed E-state index contributed by atoms with van der Waals surface area (Å²) in [6, 6.07) is 2.46. The SMILES string of the molecule is COc1nc(C)nc(NC(=O)NS(=O)(=O)c2cc(I)ccc2C(=O)O)n1.[NaH]. The van der Waals surface area contributed by atoms with Crippen LogP contribution in [0.15, 0.2) is 23.1 Å². The molecule has 0 fully saturated rings. The zero-order valence-corrected chi connectivity index (χ0v) is 16.3. The van der Waals surface area contributed by atoms with E-state index in [4.69, 9.17) is 9.84 Å². The second kappa shape index (κ2) is 9.59. The molecule has 27 heavy (non-hydrogen) atoms. The van der Waals surface area contributed by atoms with Gasteiger partial charge < -0.3 is 9.84 Å². The third-order valence-electron chi connectivity index (χ3n) is 2.83. The standard InChI is InChI=1S/C13H12IN5O6S.Na.H/c1-6-15-11(18-13(16-6)25-2)17-12(22)19-26(23,24)9-5-7(14)3-4-8(9)10(20)21;;/h3-5H,1-2H3,(H,20,21)(H2,15,16,17,18,19,22);;. The number of halogens is 1. The van der Waals surface area contributed by atoms with Gasteiger partial charge in [-0.15, -0.1) is 0 Å². The van der Waals surface area contributed by atoms with Crippen LogP contribution in [0.2, 0.25) is 0 Å². The van der Waals surface area contributed by atoms with Crippen molar-refractivity contribution in [3.63, 3.8) is 0 Å². The number of benzene rings is 1. The Morgan fingerprint density at radius 1 is 1.22 bits per heavy atom. The molecule has 11 nitrogen and oxygen atoms in total. The van der Waals surface area contributed by atoms with Crippen molar-refractivity contribution < 1.29 is 27.9 Å². The minimum absolute atomic E-state index is 0. The second-order valence-electron chi connectivity index (χ2n) is 4.70. The number of urea groups is 1. The van der Waals surface area contributed by atoms with Crippen LogP contribution < -0.4 is 14.8 Å². The number of sulfonamides is 1. The van der Waals surface area contributed by atoms with E-state index >= 15 is 0 Å². The zero-order chi connectivity index (χ0) is 19.5. The number of nitrogens with zero attached hydrogens (tertiary/aromatic N) is 3. The van der Waals surface area contributed by atoms with E-state index in [1.807, 2.05) is 22.6 Å². The third kappa shape index (κ3) is 6.24. The van der Waals surface area contributed by atoms with Crippen LogP contribution in [0.3, 0.4) is 0 Å². The molecule has 1 aromatic heterocycles. The maximum atomic E-state index is 12.4. The topological polar surface area (TPSA) is 160 Å². The number of carboxylic acids is 1. The van der Waals surface area contributed by atoms with Crippen molar-refractivity contribution in [2.24, 2.45) is 0 Å². The van der Waals surface area contributed by atoms with Gasteiger partial charge in [0.2, 0.25) is 5.95 Å². The van der Waals surface area contributed by atoms with Gasteiger partial charge in [0.05, 0.1) is 12.7 Å². The maximum absolute atomic E-state index is 12.4. The third-order valence-corrected chi connectivity index (χ3v) is 4.87. The first-order valence-electron chi connectivity index (χ1n) is 6.75. The molecular weight excluding hydrogens is 504 g/mol. The molecule has 0 aliphatic heterocycles. The summed E-state index contributed by atoms with van der Waals surface area (Å²) >= 11 is 1.82. The van der Waals surface area contributed by atoms with E-state index < -0.39 is 32.5 Å². The molecule has 0 atom stereocenters. The molecule has 0 saturated heterocycles. The van der Waals surface area contributed by atoms with Gasteiger partial charge in [0.1, 0.15) is 10.7 Å². The molecule has 0 aliphatic carbocycles. The van der Waals surface area contributed by atoms with Gasteiger partial charge >= 0.3 is 47.6 Å². The summed E-state index contributed by atoms with van der Waals surface area (Å²) < 4.78 is 31.8. The molecule has 0 bridgehead atoms. The Labute approximate surface area is 189 Å². The number of hydrogen-bond acceptors (Lipinski definition) is 8. The first-order valence-corrected chi connectivity index (χ1v) is 9.32. The van der Waals surface area contributed by atoms with Crippen LogP contribution >= 0.6 is 22.6 Å². The summed E-state index contributed by atoms with van der Waals surface area (Å²) in [6.45, 7) is 1.52. The summed E-state index contributed by atoms with van der Waals surface area (Å²) in [5.74, 6) is -1.44. The average molecular weight is 517 g/mol. The fourth-order valence-electron chi connectivity index (χ4n) is 1.80. The molecule has 0 saturated carbocycles. The van der Waals surface area contributed by atoms with Crippen molar-refractivity contribution in [2.75, 3.05) is 12.4 Å². The average Bonchev–Trinajstić information content (AvgIpc) is 2.53. The molecule has 0 radical (unpaired) electrons. The molecule has 2 aromatic rings. The normalized spacial score (nSPS) is 10.5. The van der Waals surface area contributed by atoms with E-state index in [0.29, 0.717) is 3.57 Å². The van der Waals surface area contributed by atoms with Crippen molar-refractivity contribution >= 4 is 80.1 Å². The van der Waals surface area contributed by atoms with E-state index in [1.54, 1.807) is 4.72 Å². The van der Waals surface area contributed by atoms with Gasteiger partial charge in [-0.25, -0.2) is 22.7 Å². The minimum atomic E-state index is -4.45. The molecule has 0 unspecified atom stereocenters. The summed E-state index contributed by atoms with van der Waals surface area (Å²) in [7, 11) is -3.14. The Balaban J connectivity index is 0.00000364. The molecule has 140 valence electrons. The number of aromatic carboxylic acids is 1. The summed E-state index contributed by atoms with van der Waals surface area (Å²) in [4.78, 5) is 34.1. The number of carbonyl (C=O) groups excluding carboxylic acids is 1. The zero-order valence-electron chi connectivity index (χ0n) is 13.3. The van der Waals surface area contributed by atoms with Crippen molar-refractivity contribution in [1.29, 1.82) is 0 Å². The Morgan fingerprint density at radius 3 is 2.48 bits per heavy atom. The molecule has 14 heteroatoms. The molecule has 1 aromatic carbocycles. The quantitative estimate of drug-likeness (QED) is 0.376. The summed E-state index contributed by atoms with van der Waals surface area (Å²) in [6.07, 6.45) is 0. The monoisotopic (exact) mass is 517 g/mol. The first-order chi connectivity index (χ1) is 12.1. The van der Waals surface area contributed by atoms with Gasteiger partial charge in [0.25, 0.3) is 10.0 Å². The number of aromatic nitrogens is 3. The van der Waals surface area contributed by atoms with Crippen LogP contribution in [-0.4, -0.2) is 77.1 Å². The molecule has 1 heterocycles. The summed E-state index contributed by atoms with van der Waals surface area (Å²) in [5.41, 5.74) is -0.469. The van der Waals surface area contributed by atoms with Crippen LogP contribution in [0.25, 0.3) is 0 Å². The first kappa shape index (κ1) is 23.5. The van der Waals surface area contributed by atoms with E-state index in [1.165, 1.54) is 20.1 Å². The van der Waals surface area contributed by atoms with Crippen LogP contribution in [0.4, 0.5) is 10.7 Å². The van der Waals surface area contributed by atoms with Crippen molar-refractivity contribution in [1.82, 2.24) is 19.7 Å². The number of ether oxygens (including phenoxy) is 1. The van der Waals surface area contributed by atoms with Gasteiger partial charge in [-0.3, -0.25) is 5.32 Å². The number of rotatable bonds is 5. The van der Waals surface area contributed by atoms with E-state index in [0.717, 1.165) is 12.1 Å². The second-order valence-corrected chi connectivity index (χ2v) is 7.59. The van der Waals surface area contributed by atoms with Crippen molar-refractivity contribution in [2.45, 2.75) is 11.8 Å². The van der Waals surface area contributed by atoms with Gasteiger partial charge in [-0.2, -0.15) is 15.0 Å². The molecular formula is C13H13IN5NaO6S. The Bertz CT molecular complexity index is 987. The fraction of sp³-hybridized carbons (Fsp3) is 0.154. The van der Waals surface area contributed by atoms with E-state index in [2.05, 4.69) is 20.3 Å². The number of amides is 2. The van der Waals surface area contributed by atoms with Gasteiger partial charge in [-0.1, -0.05) is 0 Å². The Hall–Kier alpha value is -1.55. The Morgan fingerprint density at radius 2 is 1.89 bits per heavy atom. The summed E-state index contributed by atoms with van der Waals surface area (Å²) in [5, 5.41) is 11.3. The molecule has 2 amide bonds. The van der Waals surface area contributed by atoms with Crippen molar-refractivity contribution in [3.8, 4) is 6.01 Å². The van der Waals surface area contributed by atoms with E-state index in [9.17, 15) is 18.0 Å². The number of nitrogens with one attached hydrogen (secondary N) is 2. The fourth-order valence-corrected chi connectivity index (χ4v) is 3.64. The number of carbonyl (C=O) groups is 2. The van der Waals surface area contributed by atoms with Crippen LogP contribution in [0, 0.1) is 10.5 Å². The molecule has 3 N–H and O–H groups in total. The van der Waals surface area contributed by atoms with Crippen molar-refractivity contribution in [3.05, 3.63) is 33.2 Å². The number of anilines is 1. The predicted octanol–water partition coefficient (Wildman–Crippen LogP) is 0.353. The van der Waals surface area contributed by atoms with E-state index in [-0.39, 0.29) is 47.3 Å². The molecule has 0 spiro atoms. The van der Waals surface area contributed by atoms with Gasteiger partial charge in [0, 0.05) is 3.57 Å². The number of aryl methyl sites for hydroxylation is 1. The van der Waals surface area contributed by atoms with Gasteiger partial charge in [-0.05, 0) is 47.7 Å². The number of methoxy groups -OCH3 is 1. The molecule has 2 rings (SSSR count). The van der Waals surface area contributed by atoms with Crippen LogP contribution in [-0.2, 0) is 10.0 Å². The number of hydrogen-bond donors (Lipinski definition) is 3. The van der Waals surface area contributed by atoms with Crippen LogP contribution in [0.1, 0.15) is 16.2 Å². The number of carboxylic acid groups (broad SMARTS) is 1.